The summed E-state index contributed by atoms with van der Waals surface area (Å²) in [5.74, 6) is 2.82. The molecule has 7 nitrogen and oxygen atoms in total. The smallest absolute Gasteiger partial charge is 0.129 e. The lowest BCUT2D eigenvalue weighted by Gasteiger charge is -2.34. The maximum absolute atomic E-state index is 5.56. The van der Waals surface area contributed by atoms with E-state index >= 15 is 0 Å². The number of nitrogens with zero attached hydrogens (tertiary/aromatic N) is 4. The molecule has 2 aromatic heterocycles. The van der Waals surface area contributed by atoms with Crippen molar-refractivity contribution in [3.8, 4) is 5.75 Å². The third-order valence-electron chi connectivity index (χ3n) is 9.26. The van der Waals surface area contributed by atoms with Crippen LogP contribution in [-0.2, 0) is 0 Å². The van der Waals surface area contributed by atoms with E-state index < -0.39 is 0 Å². The molecule has 7 rings (SSSR count). The predicted molar refractivity (Wildman–Crippen MR) is 171 cm³/mol. The Balaban J connectivity index is 1.19. The van der Waals surface area contributed by atoms with Gasteiger partial charge in [0.15, 0.2) is 0 Å². The van der Waals surface area contributed by atoms with Gasteiger partial charge in [-0.25, -0.2) is 9.97 Å². The van der Waals surface area contributed by atoms with E-state index in [1.165, 1.54) is 66.2 Å². The van der Waals surface area contributed by atoms with E-state index in [2.05, 4.69) is 69.8 Å². The van der Waals surface area contributed by atoms with Crippen LogP contribution in [-0.4, -0.2) is 55.3 Å². The highest BCUT2D eigenvalue weighted by atomic mass is 16.5. The van der Waals surface area contributed by atoms with Gasteiger partial charge in [0.25, 0.3) is 0 Å². The molecule has 0 unspecified atom stereocenters. The molecule has 2 N–H and O–H groups in total. The molecule has 214 valence electrons. The van der Waals surface area contributed by atoms with Crippen LogP contribution in [0.2, 0.25) is 0 Å². The largest absolute Gasteiger partial charge is 0.497 e. The van der Waals surface area contributed by atoms with Gasteiger partial charge in [0.05, 0.1) is 18.1 Å². The maximum Gasteiger partial charge on any atom is 0.129 e. The van der Waals surface area contributed by atoms with Gasteiger partial charge >= 0.3 is 0 Å². The van der Waals surface area contributed by atoms with Crippen molar-refractivity contribution in [2.45, 2.75) is 70.4 Å². The highest BCUT2D eigenvalue weighted by Crippen LogP contribution is 2.36. The first-order valence-electron chi connectivity index (χ1n) is 15.6. The lowest BCUT2D eigenvalue weighted by Crippen LogP contribution is -2.42. The fraction of sp³-hybridized carbons (Fsp3) is 0.471. The fourth-order valence-electron chi connectivity index (χ4n) is 7.08. The average Bonchev–Trinajstić information content (AvgIpc) is 3.73. The number of methoxy groups -OCH3 is 1. The standard InChI is InChI=1S/C34H42N6O/c1-23-11-13-27-25(19-23)31(39-15-5-6-16-39)21-33(35-27)37-29-9-3-4-10-30(29)38-34-22-32(40-17-7-8-18-40)26-20-24(41-2)12-14-28(26)36-34/h11-14,19-22,29-30H,3-10,15-18H2,1-2H3,(H,35,37)(H,36,38)/t29-,30-/m1/s1. The van der Waals surface area contributed by atoms with Crippen LogP contribution in [0, 0.1) is 6.92 Å². The van der Waals surface area contributed by atoms with Crippen LogP contribution in [0.1, 0.15) is 56.9 Å². The van der Waals surface area contributed by atoms with Crippen molar-refractivity contribution in [2.75, 3.05) is 53.7 Å². The summed E-state index contributed by atoms with van der Waals surface area (Å²) in [4.78, 5) is 15.2. The minimum atomic E-state index is 0.282. The molecular weight excluding hydrogens is 508 g/mol. The van der Waals surface area contributed by atoms with Crippen LogP contribution >= 0.6 is 0 Å². The number of pyridine rings is 2. The SMILES string of the molecule is COc1ccc2nc(N[C@@H]3CCCC[C@H]3Nc3cc(N4CCCC4)c4cc(C)ccc4n3)cc(N3CCCC3)c2c1. The second kappa shape index (κ2) is 11.3. The Bertz CT molecular complexity index is 1540. The quantitative estimate of drug-likeness (QED) is 0.254. The molecule has 7 heteroatoms. The van der Waals surface area contributed by atoms with Gasteiger partial charge in [0.1, 0.15) is 17.4 Å². The van der Waals surface area contributed by atoms with Crippen LogP contribution in [0.25, 0.3) is 21.8 Å². The number of aryl methyl sites for hydroxylation is 1. The van der Waals surface area contributed by atoms with E-state index in [0.29, 0.717) is 0 Å². The first-order valence-corrected chi connectivity index (χ1v) is 15.6. The Labute approximate surface area is 243 Å². The van der Waals surface area contributed by atoms with Gasteiger partial charge < -0.3 is 25.2 Å². The lowest BCUT2D eigenvalue weighted by atomic mass is 9.90. The topological polar surface area (TPSA) is 65.5 Å². The molecule has 4 heterocycles. The zero-order valence-corrected chi connectivity index (χ0v) is 24.5. The Kier molecular flexibility index (Phi) is 7.19. The van der Waals surface area contributed by atoms with Crippen LogP contribution in [0.5, 0.6) is 5.75 Å². The highest BCUT2D eigenvalue weighted by Gasteiger charge is 2.27. The van der Waals surface area contributed by atoms with Gasteiger partial charge in [-0.15, -0.1) is 0 Å². The van der Waals surface area contributed by atoms with Crippen LogP contribution in [0.3, 0.4) is 0 Å². The van der Waals surface area contributed by atoms with Gasteiger partial charge in [-0.2, -0.15) is 0 Å². The van der Waals surface area contributed by atoms with Crippen molar-refractivity contribution in [1.82, 2.24) is 9.97 Å². The van der Waals surface area contributed by atoms with E-state index in [-0.39, 0.29) is 12.1 Å². The second-order valence-electron chi connectivity index (χ2n) is 12.1. The number of nitrogens with one attached hydrogen (secondary N) is 2. The molecule has 0 radical (unpaired) electrons. The van der Waals surface area contributed by atoms with E-state index in [0.717, 1.165) is 67.4 Å². The van der Waals surface area contributed by atoms with Gasteiger partial charge in [0.2, 0.25) is 0 Å². The maximum atomic E-state index is 5.56. The first kappa shape index (κ1) is 26.2. The molecule has 2 atom stereocenters. The van der Waals surface area contributed by atoms with E-state index in [4.69, 9.17) is 14.7 Å². The molecular formula is C34H42N6O. The van der Waals surface area contributed by atoms with Crippen LogP contribution < -0.4 is 25.2 Å². The monoisotopic (exact) mass is 550 g/mol. The van der Waals surface area contributed by atoms with Gasteiger partial charge in [0, 0.05) is 72.5 Å². The molecule has 0 bridgehead atoms. The molecule has 3 aliphatic rings. The molecule has 2 saturated heterocycles. The summed E-state index contributed by atoms with van der Waals surface area (Å²) in [6.07, 6.45) is 9.69. The molecule has 2 aliphatic heterocycles. The van der Waals surface area contributed by atoms with Gasteiger partial charge in [-0.1, -0.05) is 24.5 Å². The minimum absolute atomic E-state index is 0.282. The Morgan fingerprint density at radius 2 is 1.17 bits per heavy atom. The molecule has 1 saturated carbocycles. The van der Waals surface area contributed by atoms with Crippen molar-refractivity contribution in [1.29, 1.82) is 0 Å². The van der Waals surface area contributed by atoms with Gasteiger partial charge in [-0.05, 0) is 75.8 Å². The molecule has 41 heavy (non-hydrogen) atoms. The Hall–Kier alpha value is -3.74. The minimum Gasteiger partial charge on any atom is -0.497 e. The van der Waals surface area contributed by atoms with Crippen molar-refractivity contribution >= 4 is 44.8 Å². The molecule has 0 spiro atoms. The average molecular weight is 551 g/mol. The van der Waals surface area contributed by atoms with Gasteiger partial charge in [-0.3, -0.25) is 0 Å². The van der Waals surface area contributed by atoms with Crippen molar-refractivity contribution in [3.63, 3.8) is 0 Å². The molecule has 1 aliphatic carbocycles. The number of hydrogen-bond acceptors (Lipinski definition) is 7. The number of hydrogen-bond donors (Lipinski definition) is 2. The van der Waals surface area contributed by atoms with Crippen molar-refractivity contribution in [3.05, 3.63) is 54.1 Å². The van der Waals surface area contributed by atoms with Crippen molar-refractivity contribution in [2.24, 2.45) is 0 Å². The summed E-state index contributed by atoms with van der Waals surface area (Å²) in [5.41, 5.74) is 5.95. The lowest BCUT2D eigenvalue weighted by molar-refractivity contribution is 0.415. The summed E-state index contributed by atoms with van der Waals surface area (Å²) in [6.45, 7) is 6.60. The molecule has 3 fully saturated rings. The third-order valence-corrected chi connectivity index (χ3v) is 9.26. The van der Waals surface area contributed by atoms with E-state index in [1.807, 2.05) is 6.07 Å². The third kappa shape index (κ3) is 5.34. The van der Waals surface area contributed by atoms with Crippen LogP contribution in [0.15, 0.2) is 48.5 Å². The highest BCUT2D eigenvalue weighted by molar-refractivity contribution is 5.95. The molecule has 0 amide bonds. The summed E-state index contributed by atoms with van der Waals surface area (Å²) in [7, 11) is 1.73. The Morgan fingerprint density at radius 1 is 0.659 bits per heavy atom. The zero-order valence-electron chi connectivity index (χ0n) is 24.5. The Morgan fingerprint density at radius 3 is 1.71 bits per heavy atom. The second-order valence-corrected chi connectivity index (χ2v) is 12.1. The van der Waals surface area contributed by atoms with E-state index in [1.54, 1.807) is 7.11 Å². The zero-order chi connectivity index (χ0) is 27.8. The molecule has 2 aromatic carbocycles. The number of benzene rings is 2. The number of anilines is 4. The number of aromatic nitrogens is 2. The number of ether oxygens (including phenoxy) is 1. The summed E-state index contributed by atoms with van der Waals surface area (Å²) >= 11 is 0. The number of rotatable bonds is 7. The molecule has 4 aromatic rings. The first-order chi connectivity index (χ1) is 20.1. The predicted octanol–water partition coefficient (Wildman–Crippen LogP) is 7.14. The van der Waals surface area contributed by atoms with Crippen LogP contribution in [0.4, 0.5) is 23.0 Å². The normalized spacial score (nSPS) is 21.1. The summed E-state index contributed by atoms with van der Waals surface area (Å²) < 4.78 is 5.56. The fourth-order valence-corrected chi connectivity index (χ4v) is 7.08. The van der Waals surface area contributed by atoms with E-state index in [9.17, 15) is 0 Å². The van der Waals surface area contributed by atoms with Crippen molar-refractivity contribution < 1.29 is 4.74 Å². The number of fused-ring (bicyclic) bond motifs is 2. The summed E-state index contributed by atoms with van der Waals surface area (Å²) in [6, 6.07) is 18.0. The summed E-state index contributed by atoms with van der Waals surface area (Å²) in [5, 5.41) is 10.2.